The third kappa shape index (κ3) is 8.54. The van der Waals surface area contributed by atoms with Gasteiger partial charge in [-0.15, -0.1) is 0 Å². The normalized spacial score (nSPS) is 22.7. The number of nitrogens with two attached hydrogens (primary N) is 1. The Morgan fingerprint density at radius 3 is 2.45 bits per heavy atom. The van der Waals surface area contributed by atoms with Gasteiger partial charge in [0.25, 0.3) is 0 Å². The maximum atomic E-state index is 11.1. The summed E-state index contributed by atoms with van der Waals surface area (Å²) >= 11 is 0. The fourth-order valence-electron chi connectivity index (χ4n) is 2.79. The number of esters is 1. The minimum atomic E-state index is -0.0512. The summed E-state index contributed by atoms with van der Waals surface area (Å²) in [5, 5.41) is 3.64. The van der Waals surface area contributed by atoms with Crippen molar-refractivity contribution in [3.63, 3.8) is 0 Å². The molecule has 0 amide bonds. The number of carbonyl (C=O) groups excluding carboxylic acids is 1. The van der Waals surface area contributed by atoms with E-state index in [1.54, 1.807) is 0 Å². The van der Waals surface area contributed by atoms with Crippen molar-refractivity contribution in [2.24, 2.45) is 5.73 Å². The van der Waals surface area contributed by atoms with E-state index < -0.39 is 0 Å². The molecule has 0 spiro atoms. The van der Waals surface area contributed by atoms with Crippen LogP contribution in [0.25, 0.3) is 0 Å². The second-order valence-corrected chi connectivity index (χ2v) is 5.89. The zero-order valence-electron chi connectivity index (χ0n) is 13.0. The predicted molar refractivity (Wildman–Crippen MR) is 82.6 cm³/mol. The first-order valence-corrected chi connectivity index (χ1v) is 8.37. The molecule has 0 aromatic rings. The van der Waals surface area contributed by atoms with Gasteiger partial charge in [-0.25, -0.2) is 0 Å². The molecule has 0 unspecified atom stereocenters. The van der Waals surface area contributed by atoms with Crippen molar-refractivity contribution in [1.29, 1.82) is 0 Å². The third-order valence-corrected chi connectivity index (χ3v) is 4.07. The maximum absolute atomic E-state index is 11.1. The van der Waals surface area contributed by atoms with Crippen LogP contribution in [0.3, 0.4) is 0 Å². The number of carbonyl (C=O) groups is 1. The molecule has 4 heteroatoms. The van der Waals surface area contributed by atoms with Gasteiger partial charge in [-0.2, -0.15) is 0 Å². The van der Waals surface area contributed by atoms with Gasteiger partial charge in [0.15, 0.2) is 0 Å². The van der Waals surface area contributed by atoms with E-state index in [9.17, 15) is 4.79 Å². The molecular weight excluding hydrogens is 252 g/mol. The molecule has 1 aliphatic rings. The maximum Gasteiger partial charge on any atom is 0.305 e. The Kier molecular flexibility index (Phi) is 9.67. The lowest BCUT2D eigenvalue weighted by Crippen LogP contribution is -2.37. The van der Waals surface area contributed by atoms with E-state index in [4.69, 9.17) is 10.5 Å². The summed E-state index contributed by atoms with van der Waals surface area (Å²) in [6, 6.07) is 1.13. The topological polar surface area (TPSA) is 64.3 Å². The van der Waals surface area contributed by atoms with Crippen molar-refractivity contribution in [3.8, 4) is 0 Å². The Morgan fingerprint density at radius 1 is 1.10 bits per heavy atom. The SMILES string of the molecule is CCOC(=O)CCCCCCCNC1CCC(N)CC1. The Balaban J connectivity index is 1.82. The minimum Gasteiger partial charge on any atom is -0.466 e. The second-order valence-electron chi connectivity index (χ2n) is 5.89. The molecule has 0 aromatic carbocycles. The first-order valence-electron chi connectivity index (χ1n) is 8.37. The molecule has 0 aliphatic heterocycles. The molecule has 1 saturated carbocycles. The molecule has 0 atom stereocenters. The number of ether oxygens (including phenoxy) is 1. The minimum absolute atomic E-state index is 0.0512. The molecule has 0 bridgehead atoms. The van der Waals surface area contributed by atoms with Crippen LogP contribution < -0.4 is 11.1 Å². The average molecular weight is 284 g/mol. The second kappa shape index (κ2) is 11.1. The largest absolute Gasteiger partial charge is 0.466 e. The molecule has 3 N–H and O–H groups in total. The van der Waals surface area contributed by atoms with Crippen molar-refractivity contribution in [3.05, 3.63) is 0 Å². The number of unbranched alkanes of at least 4 members (excludes halogenated alkanes) is 4. The fourth-order valence-corrected chi connectivity index (χ4v) is 2.79. The molecule has 1 rings (SSSR count). The van der Waals surface area contributed by atoms with Crippen molar-refractivity contribution >= 4 is 5.97 Å². The lowest BCUT2D eigenvalue weighted by molar-refractivity contribution is -0.143. The quantitative estimate of drug-likeness (QED) is 0.478. The molecule has 0 radical (unpaired) electrons. The molecule has 4 nitrogen and oxygen atoms in total. The van der Waals surface area contributed by atoms with Crippen LogP contribution in [0, 0.1) is 0 Å². The van der Waals surface area contributed by atoms with Gasteiger partial charge < -0.3 is 15.8 Å². The molecule has 1 aliphatic carbocycles. The summed E-state index contributed by atoms with van der Waals surface area (Å²) in [5.74, 6) is -0.0512. The Labute approximate surface area is 123 Å². The number of hydrogen-bond acceptors (Lipinski definition) is 4. The first kappa shape index (κ1) is 17.4. The van der Waals surface area contributed by atoms with Gasteiger partial charge in [0.05, 0.1) is 6.61 Å². The van der Waals surface area contributed by atoms with Crippen LogP contribution in [0.2, 0.25) is 0 Å². The number of nitrogens with one attached hydrogen (secondary N) is 1. The number of rotatable bonds is 10. The molecule has 20 heavy (non-hydrogen) atoms. The highest BCUT2D eigenvalue weighted by Crippen LogP contribution is 2.16. The van der Waals surface area contributed by atoms with Gasteiger partial charge in [-0.3, -0.25) is 4.79 Å². The van der Waals surface area contributed by atoms with Gasteiger partial charge in [-0.1, -0.05) is 19.3 Å². The number of hydrogen-bond donors (Lipinski definition) is 2. The summed E-state index contributed by atoms with van der Waals surface area (Å²) < 4.78 is 4.90. The van der Waals surface area contributed by atoms with E-state index in [2.05, 4.69) is 5.32 Å². The van der Waals surface area contributed by atoms with E-state index in [0.29, 0.717) is 25.1 Å². The van der Waals surface area contributed by atoms with Gasteiger partial charge in [-0.05, 0) is 52.0 Å². The lowest BCUT2D eigenvalue weighted by atomic mass is 9.92. The summed E-state index contributed by atoms with van der Waals surface area (Å²) in [4.78, 5) is 11.1. The lowest BCUT2D eigenvalue weighted by Gasteiger charge is -2.26. The van der Waals surface area contributed by atoms with Crippen molar-refractivity contribution in [2.45, 2.75) is 83.2 Å². The standard InChI is InChI=1S/C16H32N2O2/c1-2-20-16(19)8-6-4-3-5-7-13-18-15-11-9-14(17)10-12-15/h14-15,18H,2-13,17H2,1H3. The van der Waals surface area contributed by atoms with Gasteiger partial charge in [0.1, 0.15) is 0 Å². The van der Waals surface area contributed by atoms with Crippen LogP contribution in [0.1, 0.15) is 71.1 Å². The third-order valence-electron chi connectivity index (χ3n) is 4.07. The highest BCUT2D eigenvalue weighted by atomic mass is 16.5. The zero-order valence-corrected chi connectivity index (χ0v) is 13.0. The smallest absolute Gasteiger partial charge is 0.305 e. The monoisotopic (exact) mass is 284 g/mol. The first-order chi connectivity index (χ1) is 9.72. The summed E-state index contributed by atoms with van der Waals surface area (Å²) in [5.41, 5.74) is 5.90. The summed E-state index contributed by atoms with van der Waals surface area (Å²) in [6.07, 6.45) is 11.2. The fraction of sp³-hybridized carbons (Fsp3) is 0.938. The van der Waals surface area contributed by atoms with Crippen LogP contribution in [0.15, 0.2) is 0 Å². The van der Waals surface area contributed by atoms with E-state index in [1.165, 1.54) is 44.9 Å². The van der Waals surface area contributed by atoms with E-state index in [-0.39, 0.29) is 5.97 Å². The van der Waals surface area contributed by atoms with E-state index in [0.717, 1.165) is 19.4 Å². The van der Waals surface area contributed by atoms with Gasteiger partial charge >= 0.3 is 5.97 Å². The van der Waals surface area contributed by atoms with Gasteiger partial charge in [0, 0.05) is 18.5 Å². The predicted octanol–water partition coefficient (Wildman–Crippen LogP) is 2.75. The summed E-state index contributed by atoms with van der Waals surface area (Å²) in [7, 11) is 0. The Bertz CT molecular complexity index is 251. The molecule has 0 aromatic heterocycles. The van der Waals surface area contributed by atoms with Crippen LogP contribution in [0.5, 0.6) is 0 Å². The van der Waals surface area contributed by atoms with Crippen molar-refractivity contribution in [1.82, 2.24) is 5.32 Å². The molecule has 0 heterocycles. The highest BCUT2D eigenvalue weighted by Gasteiger charge is 2.17. The highest BCUT2D eigenvalue weighted by molar-refractivity contribution is 5.69. The molecule has 1 fully saturated rings. The van der Waals surface area contributed by atoms with E-state index >= 15 is 0 Å². The van der Waals surface area contributed by atoms with Crippen LogP contribution in [0.4, 0.5) is 0 Å². The molecule has 0 saturated heterocycles. The molecular formula is C16H32N2O2. The van der Waals surface area contributed by atoms with E-state index in [1.807, 2.05) is 6.92 Å². The van der Waals surface area contributed by atoms with Gasteiger partial charge in [0.2, 0.25) is 0 Å². The van der Waals surface area contributed by atoms with Crippen LogP contribution in [-0.4, -0.2) is 31.2 Å². The Morgan fingerprint density at radius 2 is 1.75 bits per heavy atom. The van der Waals surface area contributed by atoms with Crippen molar-refractivity contribution < 1.29 is 9.53 Å². The average Bonchev–Trinajstić information content (AvgIpc) is 2.44. The summed E-state index contributed by atoms with van der Waals surface area (Å²) in [6.45, 7) is 3.47. The molecule has 118 valence electrons. The van der Waals surface area contributed by atoms with Crippen molar-refractivity contribution in [2.75, 3.05) is 13.2 Å². The van der Waals surface area contributed by atoms with Crippen LogP contribution in [-0.2, 0) is 9.53 Å². The van der Waals surface area contributed by atoms with Crippen LogP contribution >= 0.6 is 0 Å². The Hall–Kier alpha value is -0.610. The zero-order chi connectivity index (χ0) is 14.6.